The van der Waals surface area contributed by atoms with Crippen LogP contribution >= 0.6 is 11.3 Å². The zero-order valence-electron chi connectivity index (χ0n) is 9.63. The average Bonchev–Trinajstić information content (AvgIpc) is 2.89. The summed E-state index contributed by atoms with van der Waals surface area (Å²) < 4.78 is 13.7. The molecule has 2 aromatic carbocycles. The van der Waals surface area contributed by atoms with Crippen LogP contribution in [0.4, 0.5) is 4.39 Å². The molecule has 0 aliphatic rings. The van der Waals surface area contributed by atoms with Crippen LogP contribution in [-0.4, -0.2) is 16.1 Å². The maximum atomic E-state index is 13.7. The maximum absolute atomic E-state index is 13.7. The number of aromatic nitrogens is 1. The predicted molar refractivity (Wildman–Crippen MR) is 72.0 cm³/mol. The SMILES string of the molecule is O=C(O)c1csc(-c2ccc(F)c3ccccc23)n1. The molecule has 3 nitrogen and oxygen atoms in total. The van der Waals surface area contributed by atoms with Crippen molar-refractivity contribution in [3.63, 3.8) is 0 Å². The normalized spacial score (nSPS) is 10.8. The molecule has 0 spiro atoms. The molecule has 0 aliphatic carbocycles. The summed E-state index contributed by atoms with van der Waals surface area (Å²) in [6.45, 7) is 0. The minimum absolute atomic E-state index is 0.00778. The van der Waals surface area contributed by atoms with Crippen LogP contribution in [0.1, 0.15) is 10.5 Å². The molecule has 0 fully saturated rings. The number of hydrogen-bond donors (Lipinski definition) is 1. The van der Waals surface area contributed by atoms with E-state index in [-0.39, 0.29) is 11.5 Å². The zero-order chi connectivity index (χ0) is 13.4. The molecule has 94 valence electrons. The third kappa shape index (κ3) is 1.98. The van der Waals surface area contributed by atoms with Gasteiger partial charge in [0, 0.05) is 16.3 Å². The van der Waals surface area contributed by atoms with E-state index >= 15 is 0 Å². The Balaban J connectivity index is 2.24. The first-order valence-corrected chi connectivity index (χ1v) is 6.41. The van der Waals surface area contributed by atoms with Crippen LogP contribution in [0.15, 0.2) is 41.8 Å². The molecule has 19 heavy (non-hydrogen) atoms. The van der Waals surface area contributed by atoms with Gasteiger partial charge < -0.3 is 5.11 Å². The number of hydrogen-bond acceptors (Lipinski definition) is 3. The van der Waals surface area contributed by atoms with E-state index in [1.165, 1.54) is 22.8 Å². The smallest absolute Gasteiger partial charge is 0.355 e. The van der Waals surface area contributed by atoms with Crippen molar-refractivity contribution in [2.75, 3.05) is 0 Å². The Kier molecular flexibility index (Phi) is 2.76. The lowest BCUT2D eigenvalue weighted by Gasteiger charge is -2.04. The van der Waals surface area contributed by atoms with E-state index in [0.29, 0.717) is 10.4 Å². The topological polar surface area (TPSA) is 50.2 Å². The first kappa shape index (κ1) is 11.8. The van der Waals surface area contributed by atoms with Crippen molar-refractivity contribution in [1.82, 2.24) is 4.98 Å². The summed E-state index contributed by atoms with van der Waals surface area (Å²) in [5.41, 5.74) is 0.753. The van der Waals surface area contributed by atoms with E-state index in [9.17, 15) is 9.18 Å². The lowest BCUT2D eigenvalue weighted by Crippen LogP contribution is -1.95. The first-order valence-electron chi connectivity index (χ1n) is 5.53. The predicted octanol–water partition coefficient (Wildman–Crippen LogP) is 3.80. The van der Waals surface area contributed by atoms with E-state index < -0.39 is 5.97 Å². The minimum Gasteiger partial charge on any atom is -0.476 e. The molecular formula is C14H8FNO2S. The highest BCUT2D eigenvalue weighted by Gasteiger charge is 2.13. The van der Waals surface area contributed by atoms with Crippen LogP contribution in [0.5, 0.6) is 0 Å². The summed E-state index contributed by atoms with van der Waals surface area (Å²) in [7, 11) is 0. The number of benzene rings is 2. The average molecular weight is 273 g/mol. The van der Waals surface area contributed by atoms with Gasteiger partial charge in [0.1, 0.15) is 10.8 Å². The molecule has 1 N–H and O–H groups in total. The summed E-state index contributed by atoms with van der Waals surface area (Å²) in [5, 5.41) is 12.2. The Morgan fingerprint density at radius 2 is 1.89 bits per heavy atom. The summed E-state index contributed by atoms with van der Waals surface area (Å²) in [5.74, 6) is -1.36. The zero-order valence-corrected chi connectivity index (χ0v) is 10.4. The van der Waals surface area contributed by atoms with Crippen molar-refractivity contribution in [1.29, 1.82) is 0 Å². The second-order valence-corrected chi connectivity index (χ2v) is 4.84. The Labute approximate surface area is 112 Å². The fourth-order valence-corrected chi connectivity index (χ4v) is 2.78. The van der Waals surface area contributed by atoms with Crippen molar-refractivity contribution in [3.05, 3.63) is 53.3 Å². The molecule has 3 aromatic rings. The number of thiazole rings is 1. The van der Waals surface area contributed by atoms with Crippen molar-refractivity contribution in [3.8, 4) is 10.6 Å². The Bertz CT molecular complexity index is 782. The number of nitrogens with zero attached hydrogens (tertiary/aromatic N) is 1. The van der Waals surface area contributed by atoms with Crippen molar-refractivity contribution >= 4 is 28.1 Å². The fraction of sp³-hybridized carbons (Fsp3) is 0. The van der Waals surface area contributed by atoms with Gasteiger partial charge in [-0.1, -0.05) is 24.3 Å². The van der Waals surface area contributed by atoms with E-state index in [1.807, 2.05) is 6.07 Å². The molecule has 1 aromatic heterocycles. The van der Waals surface area contributed by atoms with Crippen LogP contribution in [0.2, 0.25) is 0 Å². The fourth-order valence-electron chi connectivity index (χ4n) is 1.94. The Morgan fingerprint density at radius 3 is 2.58 bits per heavy atom. The maximum Gasteiger partial charge on any atom is 0.355 e. The molecule has 5 heteroatoms. The summed E-state index contributed by atoms with van der Waals surface area (Å²) in [6, 6.07) is 10.1. The lowest BCUT2D eigenvalue weighted by molar-refractivity contribution is 0.0691. The molecule has 1 heterocycles. The number of carboxylic acids is 1. The molecular weight excluding hydrogens is 265 g/mol. The van der Waals surface area contributed by atoms with Gasteiger partial charge in [-0.05, 0) is 17.5 Å². The molecule has 3 rings (SSSR count). The first-order chi connectivity index (χ1) is 9.16. The van der Waals surface area contributed by atoms with Gasteiger partial charge in [-0.25, -0.2) is 14.2 Å². The van der Waals surface area contributed by atoms with Crippen LogP contribution in [0.25, 0.3) is 21.3 Å². The van der Waals surface area contributed by atoms with E-state index in [0.717, 1.165) is 10.9 Å². The van der Waals surface area contributed by atoms with Crippen LogP contribution in [0, 0.1) is 5.82 Å². The Hall–Kier alpha value is -2.27. The van der Waals surface area contributed by atoms with Gasteiger partial charge in [0.25, 0.3) is 0 Å². The van der Waals surface area contributed by atoms with Crippen molar-refractivity contribution in [2.45, 2.75) is 0 Å². The second kappa shape index (κ2) is 4.44. The van der Waals surface area contributed by atoms with Gasteiger partial charge in [-0.15, -0.1) is 11.3 Å². The number of fused-ring (bicyclic) bond motifs is 1. The summed E-state index contributed by atoms with van der Waals surface area (Å²) >= 11 is 1.24. The van der Waals surface area contributed by atoms with Crippen LogP contribution in [0.3, 0.4) is 0 Å². The van der Waals surface area contributed by atoms with Gasteiger partial charge in [0.15, 0.2) is 5.69 Å². The molecule has 0 radical (unpaired) electrons. The minimum atomic E-state index is -1.06. The molecule has 0 amide bonds. The third-order valence-corrected chi connectivity index (χ3v) is 3.70. The van der Waals surface area contributed by atoms with E-state index in [4.69, 9.17) is 5.11 Å². The highest BCUT2D eigenvalue weighted by molar-refractivity contribution is 7.13. The van der Waals surface area contributed by atoms with Crippen LogP contribution < -0.4 is 0 Å². The Morgan fingerprint density at radius 1 is 1.16 bits per heavy atom. The van der Waals surface area contributed by atoms with Crippen molar-refractivity contribution < 1.29 is 14.3 Å². The van der Waals surface area contributed by atoms with Gasteiger partial charge in [-0.2, -0.15) is 0 Å². The van der Waals surface area contributed by atoms with E-state index in [1.54, 1.807) is 24.3 Å². The summed E-state index contributed by atoms with van der Waals surface area (Å²) in [4.78, 5) is 14.9. The highest BCUT2D eigenvalue weighted by atomic mass is 32.1. The number of rotatable bonds is 2. The molecule has 0 bridgehead atoms. The molecule has 0 unspecified atom stereocenters. The van der Waals surface area contributed by atoms with E-state index in [2.05, 4.69) is 4.98 Å². The van der Waals surface area contributed by atoms with Gasteiger partial charge in [-0.3, -0.25) is 0 Å². The van der Waals surface area contributed by atoms with Gasteiger partial charge in [0.2, 0.25) is 0 Å². The third-order valence-electron chi connectivity index (χ3n) is 2.82. The number of aromatic carboxylic acids is 1. The number of carboxylic acid groups (broad SMARTS) is 1. The molecule has 0 aliphatic heterocycles. The number of carbonyl (C=O) groups is 1. The van der Waals surface area contributed by atoms with Crippen molar-refractivity contribution in [2.24, 2.45) is 0 Å². The standard InChI is InChI=1S/C14H8FNO2S/c15-11-6-5-10(8-3-1-2-4-9(8)11)13-16-12(7-19-13)14(17)18/h1-7H,(H,17,18). The van der Waals surface area contributed by atoms with Gasteiger partial charge >= 0.3 is 5.97 Å². The lowest BCUT2D eigenvalue weighted by atomic mass is 10.0. The van der Waals surface area contributed by atoms with Gasteiger partial charge in [0.05, 0.1) is 0 Å². The highest BCUT2D eigenvalue weighted by Crippen LogP contribution is 2.32. The quantitative estimate of drug-likeness (QED) is 0.772. The van der Waals surface area contributed by atoms with Crippen LogP contribution in [-0.2, 0) is 0 Å². The largest absolute Gasteiger partial charge is 0.476 e. The molecule has 0 saturated carbocycles. The monoisotopic (exact) mass is 273 g/mol. The second-order valence-electron chi connectivity index (χ2n) is 3.98. The molecule has 0 atom stereocenters. The molecule has 0 saturated heterocycles. The summed E-state index contributed by atoms with van der Waals surface area (Å²) in [6.07, 6.45) is 0. The number of halogens is 1.